The van der Waals surface area contributed by atoms with Gasteiger partial charge in [0.25, 0.3) is 5.91 Å². The molecule has 24 heavy (non-hydrogen) atoms. The highest BCUT2D eigenvalue weighted by Crippen LogP contribution is 2.46. The monoisotopic (exact) mass is 331 g/mol. The highest BCUT2D eigenvalue weighted by molar-refractivity contribution is 5.96. The molecule has 0 unspecified atom stereocenters. The standard InChI is InChI=1S/C18H25N3O3/c1-12(2)16(22)21-15-10-13(5-8-19-15)17(23)20-11-18-6-3-4-14(18)24-9-7-18/h5,8,10,12,14H,3-4,6-7,9,11H2,1-2H3,(H,20,23)(H,19,21,22)/t14-,18-/m1/s1. The number of ether oxygens (including phenoxy) is 1. The molecule has 6 nitrogen and oxygen atoms in total. The van der Waals surface area contributed by atoms with Gasteiger partial charge in [0.1, 0.15) is 5.82 Å². The van der Waals surface area contributed by atoms with E-state index < -0.39 is 0 Å². The summed E-state index contributed by atoms with van der Waals surface area (Å²) in [5.41, 5.74) is 0.617. The minimum atomic E-state index is -0.135. The molecule has 3 rings (SSSR count). The third-order valence-electron chi connectivity index (χ3n) is 5.14. The molecule has 2 aliphatic rings. The highest BCUT2D eigenvalue weighted by Gasteiger charge is 2.47. The lowest BCUT2D eigenvalue weighted by atomic mass is 9.83. The third kappa shape index (κ3) is 3.43. The number of hydrogen-bond donors (Lipinski definition) is 2. The molecule has 2 fully saturated rings. The summed E-state index contributed by atoms with van der Waals surface area (Å²) in [5, 5.41) is 5.77. The SMILES string of the molecule is CC(C)C(=O)Nc1cc(C(=O)NC[C@]23CCC[C@H]2OCC3)ccn1. The fourth-order valence-electron chi connectivity index (χ4n) is 3.62. The van der Waals surface area contributed by atoms with Crippen LogP contribution in [0.4, 0.5) is 5.82 Å². The first-order valence-corrected chi connectivity index (χ1v) is 8.67. The molecule has 1 aromatic rings. The Hall–Kier alpha value is -1.95. The molecule has 130 valence electrons. The van der Waals surface area contributed by atoms with Gasteiger partial charge in [-0.05, 0) is 31.4 Å². The normalized spacial score (nSPS) is 25.5. The summed E-state index contributed by atoms with van der Waals surface area (Å²) in [6, 6.07) is 3.28. The van der Waals surface area contributed by atoms with Crippen LogP contribution in [0.25, 0.3) is 0 Å². The molecule has 2 atom stereocenters. The second-order valence-electron chi connectivity index (χ2n) is 7.12. The number of carbonyl (C=O) groups is 2. The van der Waals surface area contributed by atoms with Crippen molar-refractivity contribution in [3.8, 4) is 0 Å². The smallest absolute Gasteiger partial charge is 0.251 e. The lowest BCUT2D eigenvalue weighted by Crippen LogP contribution is -2.39. The quantitative estimate of drug-likeness (QED) is 0.868. The van der Waals surface area contributed by atoms with Crippen molar-refractivity contribution in [3.63, 3.8) is 0 Å². The second kappa shape index (κ2) is 6.89. The van der Waals surface area contributed by atoms with Crippen LogP contribution in [0.3, 0.4) is 0 Å². The van der Waals surface area contributed by atoms with E-state index in [1.165, 1.54) is 6.42 Å². The predicted molar refractivity (Wildman–Crippen MR) is 90.7 cm³/mol. The summed E-state index contributed by atoms with van der Waals surface area (Å²) < 4.78 is 5.79. The molecule has 0 radical (unpaired) electrons. The molecule has 1 aliphatic carbocycles. The van der Waals surface area contributed by atoms with Crippen molar-refractivity contribution >= 4 is 17.6 Å². The number of nitrogens with zero attached hydrogens (tertiary/aromatic N) is 1. The van der Waals surface area contributed by atoms with Crippen molar-refractivity contribution in [2.45, 2.75) is 45.6 Å². The number of amides is 2. The predicted octanol–water partition coefficient (Wildman–Crippen LogP) is 2.37. The van der Waals surface area contributed by atoms with Gasteiger partial charge in [-0.15, -0.1) is 0 Å². The maximum absolute atomic E-state index is 12.5. The van der Waals surface area contributed by atoms with Gasteiger partial charge in [0.05, 0.1) is 6.10 Å². The number of nitrogens with one attached hydrogen (secondary N) is 2. The minimum absolute atomic E-state index is 0.109. The van der Waals surface area contributed by atoms with Crippen molar-refractivity contribution in [1.82, 2.24) is 10.3 Å². The number of aromatic nitrogens is 1. The number of carbonyl (C=O) groups excluding carboxylic acids is 2. The Kier molecular flexibility index (Phi) is 4.85. The summed E-state index contributed by atoms with van der Waals surface area (Å²) in [5.74, 6) is 0.0210. The van der Waals surface area contributed by atoms with Crippen molar-refractivity contribution in [3.05, 3.63) is 23.9 Å². The van der Waals surface area contributed by atoms with Crippen LogP contribution < -0.4 is 10.6 Å². The average molecular weight is 331 g/mol. The van der Waals surface area contributed by atoms with Gasteiger partial charge in [0.2, 0.25) is 5.91 Å². The molecule has 0 bridgehead atoms. The lowest BCUT2D eigenvalue weighted by molar-refractivity contribution is -0.118. The van der Waals surface area contributed by atoms with E-state index in [0.717, 1.165) is 25.9 Å². The molecule has 2 N–H and O–H groups in total. The molecule has 6 heteroatoms. The number of fused-ring (bicyclic) bond motifs is 1. The van der Waals surface area contributed by atoms with Crippen molar-refractivity contribution in [1.29, 1.82) is 0 Å². The van der Waals surface area contributed by atoms with Crippen LogP contribution in [0.2, 0.25) is 0 Å². The molecule has 0 aromatic carbocycles. The molecule has 1 saturated heterocycles. The first-order chi connectivity index (χ1) is 11.5. The Morgan fingerprint density at radius 1 is 1.42 bits per heavy atom. The fourth-order valence-corrected chi connectivity index (χ4v) is 3.62. The average Bonchev–Trinajstić information content (AvgIpc) is 3.12. The van der Waals surface area contributed by atoms with Gasteiger partial charge in [0.15, 0.2) is 0 Å². The molecule has 0 spiro atoms. The van der Waals surface area contributed by atoms with Gasteiger partial charge in [0, 0.05) is 36.2 Å². The Bertz CT molecular complexity index is 620. The highest BCUT2D eigenvalue weighted by atomic mass is 16.5. The van der Waals surface area contributed by atoms with Gasteiger partial charge in [-0.25, -0.2) is 4.98 Å². The van der Waals surface area contributed by atoms with Crippen molar-refractivity contribution < 1.29 is 14.3 Å². The van der Waals surface area contributed by atoms with Crippen LogP contribution in [-0.2, 0) is 9.53 Å². The second-order valence-corrected chi connectivity index (χ2v) is 7.12. The molecule has 2 heterocycles. The third-order valence-corrected chi connectivity index (χ3v) is 5.14. The van der Waals surface area contributed by atoms with Gasteiger partial charge < -0.3 is 15.4 Å². The topological polar surface area (TPSA) is 80.3 Å². The number of rotatable bonds is 5. The van der Waals surface area contributed by atoms with E-state index in [4.69, 9.17) is 4.74 Å². The summed E-state index contributed by atoms with van der Waals surface area (Å²) in [6.07, 6.45) is 6.22. The first-order valence-electron chi connectivity index (χ1n) is 8.67. The molecular weight excluding hydrogens is 306 g/mol. The van der Waals surface area contributed by atoms with E-state index in [9.17, 15) is 9.59 Å². The zero-order valence-corrected chi connectivity index (χ0v) is 14.3. The summed E-state index contributed by atoms with van der Waals surface area (Å²) in [4.78, 5) is 28.3. The molecule has 2 amide bonds. The maximum Gasteiger partial charge on any atom is 0.251 e. The lowest BCUT2D eigenvalue weighted by Gasteiger charge is -2.27. The van der Waals surface area contributed by atoms with E-state index in [-0.39, 0.29) is 29.3 Å². The van der Waals surface area contributed by atoms with Crippen LogP contribution in [-0.4, -0.2) is 36.1 Å². The zero-order chi connectivity index (χ0) is 17.2. The fraction of sp³-hybridized carbons (Fsp3) is 0.611. The summed E-state index contributed by atoms with van der Waals surface area (Å²) >= 11 is 0. The van der Waals surface area contributed by atoms with E-state index in [1.807, 2.05) is 13.8 Å². The van der Waals surface area contributed by atoms with E-state index >= 15 is 0 Å². The largest absolute Gasteiger partial charge is 0.378 e. The van der Waals surface area contributed by atoms with Gasteiger partial charge in [-0.1, -0.05) is 20.3 Å². The van der Waals surface area contributed by atoms with Crippen LogP contribution in [0.1, 0.15) is 49.9 Å². The summed E-state index contributed by atoms with van der Waals surface area (Å²) in [7, 11) is 0. The van der Waals surface area contributed by atoms with Crippen molar-refractivity contribution in [2.75, 3.05) is 18.5 Å². The Labute approximate surface area is 142 Å². The van der Waals surface area contributed by atoms with Crippen LogP contribution in [0, 0.1) is 11.3 Å². The van der Waals surface area contributed by atoms with Crippen molar-refractivity contribution in [2.24, 2.45) is 11.3 Å². The summed E-state index contributed by atoms with van der Waals surface area (Å²) in [6.45, 7) is 5.06. The molecule has 1 aliphatic heterocycles. The zero-order valence-electron chi connectivity index (χ0n) is 14.3. The van der Waals surface area contributed by atoms with Crippen LogP contribution >= 0.6 is 0 Å². The number of pyridine rings is 1. The molecular formula is C18H25N3O3. The van der Waals surface area contributed by atoms with E-state index in [0.29, 0.717) is 17.9 Å². The molecule has 1 aromatic heterocycles. The van der Waals surface area contributed by atoms with Gasteiger partial charge in [-0.2, -0.15) is 0 Å². The van der Waals surface area contributed by atoms with Crippen LogP contribution in [0.15, 0.2) is 18.3 Å². The Morgan fingerprint density at radius 2 is 2.25 bits per heavy atom. The Morgan fingerprint density at radius 3 is 3.04 bits per heavy atom. The van der Waals surface area contributed by atoms with Gasteiger partial charge in [-0.3, -0.25) is 9.59 Å². The van der Waals surface area contributed by atoms with Gasteiger partial charge >= 0.3 is 0 Å². The number of anilines is 1. The Balaban J connectivity index is 1.62. The van der Waals surface area contributed by atoms with E-state index in [1.54, 1.807) is 18.3 Å². The van der Waals surface area contributed by atoms with E-state index in [2.05, 4.69) is 15.6 Å². The maximum atomic E-state index is 12.5. The number of hydrogen-bond acceptors (Lipinski definition) is 4. The molecule has 1 saturated carbocycles. The first kappa shape index (κ1) is 16.9. The van der Waals surface area contributed by atoms with Crippen LogP contribution in [0.5, 0.6) is 0 Å². The minimum Gasteiger partial charge on any atom is -0.378 e.